The van der Waals surface area contributed by atoms with Gasteiger partial charge >= 0.3 is 0 Å². The van der Waals surface area contributed by atoms with Crippen LogP contribution in [0.1, 0.15) is 24.8 Å². The van der Waals surface area contributed by atoms with E-state index in [0.717, 1.165) is 19.3 Å². The third-order valence-electron chi connectivity index (χ3n) is 3.32. The van der Waals surface area contributed by atoms with E-state index in [9.17, 15) is 9.18 Å². The average molecular weight is 256 g/mol. The zero-order valence-electron chi connectivity index (χ0n) is 9.46. The van der Waals surface area contributed by atoms with Crippen molar-refractivity contribution >= 4 is 17.4 Å². The Labute approximate surface area is 105 Å². The summed E-state index contributed by atoms with van der Waals surface area (Å²) in [6.07, 6.45) is 2.68. The summed E-state index contributed by atoms with van der Waals surface area (Å²) in [6.45, 7) is 0. The van der Waals surface area contributed by atoms with Crippen molar-refractivity contribution in [3.63, 3.8) is 0 Å². The summed E-state index contributed by atoms with van der Waals surface area (Å²) in [5.41, 5.74) is 6.34. The van der Waals surface area contributed by atoms with Crippen LogP contribution >= 0.6 is 11.6 Å². The highest BCUT2D eigenvalue weighted by atomic mass is 35.5. The third-order valence-corrected chi connectivity index (χ3v) is 3.75. The van der Waals surface area contributed by atoms with Crippen molar-refractivity contribution in [2.45, 2.75) is 31.7 Å². The molecule has 17 heavy (non-hydrogen) atoms. The monoisotopic (exact) mass is 255 g/mol. The van der Waals surface area contributed by atoms with Crippen LogP contribution < -0.4 is 5.73 Å². The first-order valence-corrected chi connectivity index (χ1v) is 6.17. The Kier molecular flexibility index (Phi) is 3.79. The van der Waals surface area contributed by atoms with E-state index < -0.39 is 5.82 Å². The highest BCUT2D eigenvalue weighted by Crippen LogP contribution is 2.28. The van der Waals surface area contributed by atoms with Crippen LogP contribution in [0.5, 0.6) is 0 Å². The second-order valence-electron chi connectivity index (χ2n) is 4.63. The molecule has 92 valence electrons. The van der Waals surface area contributed by atoms with Gasteiger partial charge in [-0.3, -0.25) is 4.79 Å². The van der Waals surface area contributed by atoms with E-state index in [2.05, 4.69) is 0 Å². The van der Waals surface area contributed by atoms with Gasteiger partial charge in [0.1, 0.15) is 11.6 Å². The van der Waals surface area contributed by atoms with Crippen LogP contribution in [0, 0.1) is 11.7 Å². The largest absolute Gasteiger partial charge is 0.328 e. The number of rotatable bonds is 3. The maximum absolute atomic E-state index is 13.2. The molecule has 0 aromatic heterocycles. The third kappa shape index (κ3) is 2.85. The second-order valence-corrected chi connectivity index (χ2v) is 5.00. The molecule has 2 unspecified atom stereocenters. The lowest BCUT2D eigenvalue weighted by molar-refractivity contribution is -0.122. The molecule has 0 heterocycles. The average Bonchev–Trinajstić information content (AvgIpc) is 2.72. The van der Waals surface area contributed by atoms with Crippen molar-refractivity contribution in [1.82, 2.24) is 0 Å². The summed E-state index contributed by atoms with van der Waals surface area (Å²) in [5, 5.41) is 0.0585. The molecule has 2 atom stereocenters. The maximum atomic E-state index is 13.2. The van der Waals surface area contributed by atoms with Crippen molar-refractivity contribution < 1.29 is 9.18 Å². The molecule has 0 spiro atoms. The van der Waals surface area contributed by atoms with Gasteiger partial charge in [-0.15, -0.1) is 0 Å². The standard InChI is InChI=1S/C13H15ClFNO/c14-13-9(2-1-3-11(13)15)7-12(17)8-4-5-10(16)6-8/h1-3,8,10H,4-7,16H2. The van der Waals surface area contributed by atoms with Gasteiger partial charge in [-0.25, -0.2) is 4.39 Å². The topological polar surface area (TPSA) is 43.1 Å². The highest BCUT2D eigenvalue weighted by molar-refractivity contribution is 6.31. The molecular formula is C13H15ClFNO. The minimum atomic E-state index is -0.472. The molecule has 1 aliphatic rings. The number of carbonyl (C=O) groups is 1. The molecule has 1 fully saturated rings. The van der Waals surface area contributed by atoms with Gasteiger partial charge in [0, 0.05) is 18.4 Å². The van der Waals surface area contributed by atoms with Crippen LogP contribution in [-0.2, 0) is 11.2 Å². The van der Waals surface area contributed by atoms with Crippen molar-refractivity contribution in [3.05, 3.63) is 34.6 Å². The Morgan fingerprint density at radius 2 is 2.24 bits per heavy atom. The quantitative estimate of drug-likeness (QED) is 0.903. The molecule has 0 amide bonds. The fourth-order valence-electron chi connectivity index (χ4n) is 2.33. The minimum Gasteiger partial charge on any atom is -0.328 e. The van der Waals surface area contributed by atoms with Crippen LogP contribution in [-0.4, -0.2) is 11.8 Å². The minimum absolute atomic E-state index is 0.0179. The molecule has 1 aliphatic carbocycles. The smallest absolute Gasteiger partial charge is 0.142 e. The fraction of sp³-hybridized carbons (Fsp3) is 0.462. The van der Waals surface area contributed by atoms with E-state index in [1.165, 1.54) is 6.07 Å². The lowest BCUT2D eigenvalue weighted by Gasteiger charge is -2.09. The molecule has 2 rings (SSSR count). The summed E-state index contributed by atoms with van der Waals surface area (Å²) in [5.74, 6) is -0.338. The lowest BCUT2D eigenvalue weighted by atomic mass is 9.96. The summed E-state index contributed by atoms with van der Waals surface area (Å²) < 4.78 is 13.2. The Balaban J connectivity index is 2.06. The Morgan fingerprint density at radius 3 is 2.88 bits per heavy atom. The number of hydrogen-bond acceptors (Lipinski definition) is 2. The first-order valence-electron chi connectivity index (χ1n) is 5.79. The number of carbonyl (C=O) groups excluding carboxylic acids is 1. The summed E-state index contributed by atoms with van der Waals surface area (Å²) in [7, 11) is 0. The van der Waals surface area contributed by atoms with Crippen molar-refractivity contribution in [3.8, 4) is 0 Å². The van der Waals surface area contributed by atoms with Crippen molar-refractivity contribution in [1.29, 1.82) is 0 Å². The van der Waals surface area contributed by atoms with E-state index in [-0.39, 0.29) is 29.2 Å². The number of halogens is 2. The van der Waals surface area contributed by atoms with Crippen LogP contribution in [0.4, 0.5) is 4.39 Å². The number of benzene rings is 1. The molecule has 1 aromatic carbocycles. The first kappa shape index (κ1) is 12.5. The number of hydrogen-bond donors (Lipinski definition) is 1. The molecule has 0 bridgehead atoms. The zero-order valence-corrected chi connectivity index (χ0v) is 10.2. The Hall–Kier alpha value is -0.930. The lowest BCUT2D eigenvalue weighted by Crippen LogP contribution is -2.19. The highest BCUT2D eigenvalue weighted by Gasteiger charge is 2.27. The molecule has 0 saturated heterocycles. The van der Waals surface area contributed by atoms with Gasteiger partial charge in [-0.1, -0.05) is 23.7 Å². The SMILES string of the molecule is NC1CCC(C(=O)Cc2cccc(F)c2Cl)C1. The Morgan fingerprint density at radius 1 is 1.47 bits per heavy atom. The summed E-state index contributed by atoms with van der Waals surface area (Å²) in [4.78, 5) is 12.0. The maximum Gasteiger partial charge on any atom is 0.142 e. The van der Waals surface area contributed by atoms with Crippen molar-refractivity contribution in [2.75, 3.05) is 0 Å². The number of Topliss-reactive ketones (excluding diaryl/α,β-unsaturated/α-hetero) is 1. The second kappa shape index (κ2) is 5.15. The van der Waals surface area contributed by atoms with Gasteiger partial charge in [0.15, 0.2) is 0 Å². The molecule has 1 aromatic rings. The fourth-order valence-corrected chi connectivity index (χ4v) is 2.52. The zero-order chi connectivity index (χ0) is 12.4. The van der Waals surface area contributed by atoms with Gasteiger partial charge in [0.05, 0.1) is 5.02 Å². The Bertz CT molecular complexity index is 435. The van der Waals surface area contributed by atoms with Crippen LogP contribution in [0.3, 0.4) is 0 Å². The normalized spacial score (nSPS) is 23.9. The predicted molar refractivity (Wildman–Crippen MR) is 65.4 cm³/mol. The van der Waals surface area contributed by atoms with E-state index in [4.69, 9.17) is 17.3 Å². The molecule has 1 saturated carbocycles. The molecule has 0 aliphatic heterocycles. The molecular weight excluding hydrogens is 241 g/mol. The van der Waals surface area contributed by atoms with Crippen LogP contribution in [0.2, 0.25) is 5.02 Å². The number of ketones is 1. The molecule has 0 radical (unpaired) electrons. The summed E-state index contributed by atoms with van der Waals surface area (Å²) >= 11 is 5.82. The van der Waals surface area contributed by atoms with E-state index >= 15 is 0 Å². The van der Waals surface area contributed by atoms with E-state index in [1.54, 1.807) is 12.1 Å². The van der Waals surface area contributed by atoms with E-state index in [1.807, 2.05) is 0 Å². The van der Waals surface area contributed by atoms with Gasteiger partial charge in [0.2, 0.25) is 0 Å². The van der Waals surface area contributed by atoms with Gasteiger partial charge < -0.3 is 5.73 Å². The molecule has 4 heteroatoms. The van der Waals surface area contributed by atoms with Gasteiger partial charge in [0.25, 0.3) is 0 Å². The first-order chi connectivity index (χ1) is 8.08. The number of nitrogens with two attached hydrogens (primary N) is 1. The predicted octanol–water partition coefficient (Wildman–Crippen LogP) is 2.72. The van der Waals surface area contributed by atoms with Crippen LogP contribution in [0.15, 0.2) is 18.2 Å². The van der Waals surface area contributed by atoms with E-state index in [0.29, 0.717) is 5.56 Å². The molecule has 2 N–H and O–H groups in total. The van der Waals surface area contributed by atoms with Gasteiger partial charge in [-0.05, 0) is 30.9 Å². The van der Waals surface area contributed by atoms with Crippen molar-refractivity contribution in [2.24, 2.45) is 11.7 Å². The summed E-state index contributed by atoms with van der Waals surface area (Å²) in [6, 6.07) is 4.69. The van der Waals surface area contributed by atoms with Gasteiger partial charge in [-0.2, -0.15) is 0 Å². The molecule has 2 nitrogen and oxygen atoms in total. The van der Waals surface area contributed by atoms with Crippen LogP contribution in [0.25, 0.3) is 0 Å².